The van der Waals surface area contributed by atoms with Gasteiger partial charge in [0.15, 0.2) is 0 Å². The number of amides is 1. The van der Waals surface area contributed by atoms with Crippen molar-refractivity contribution in [1.82, 2.24) is 10.3 Å². The van der Waals surface area contributed by atoms with E-state index in [0.29, 0.717) is 0 Å². The molecule has 2 N–H and O–H groups in total. The molecule has 0 atom stereocenters. The smallest absolute Gasteiger partial charge is 0.253 e. The summed E-state index contributed by atoms with van der Waals surface area (Å²) in [7, 11) is 0. The number of anilines is 1. The van der Waals surface area contributed by atoms with Gasteiger partial charge in [0.2, 0.25) is 17.5 Å². The Morgan fingerprint density at radius 3 is 2.22 bits per heavy atom. The Balaban J connectivity index is 2.05. The summed E-state index contributed by atoms with van der Waals surface area (Å²) >= 11 is 0. The second-order valence-electron chi connectivity index (χ2n) is 3.89. The van der Waals surface area contributed by atoms with E-state index in [1.165, 1.54) is 0 Å². The summed E-state index contributed by atoms with van der Waals surface area (Å²) < 4.78 is 51.7. The number of hydrogen-bond acceptors (Lipinski definition) is 3. The molecular formula is C10H9F4N3O. The van der Waals surface area contributed by atoms with E-state index in [1.807, 2.05) is 5.32 Å². The van der Waals surface area contributed by atoms with Crippen LogP contribution in [-0.2, 0) is 4.79 Å². The lowest BCUT2D eigenvalue weighted by Crippen LogP contribution is -2.32. The molecule has 1 saturated carbocycles. The van der Waals surface area contributed by atoms with Crippen LogP contribution < -0.4 is 10.6 Å². The minimum Gasteiger partial charge on any atom is -0.371 e. The maximum Gasteiger partial charge on any atom is 0.253 e. The Morgan fingerprint density at radius 2 is 1.72 bits per heavy atom. The van der Waals surface area contributed by atoms with Gasteiger partial charge in [0.1, 0.15) is 5.69 Å². The highest BCUT2D eigenvalue weighted by Crippen LogP contribution is 2.22. The Morgan fingerprint density at radius 1 is 1.17 bits per heavy atom. The van der Waals surface area contributed by atoms with Crippen molar-refractivity contribution in [3.63, 3.8) is 0 Å². The maximum atomic E-state index is 13.1. The Bertz CT molecular complexity index is 464. The standard InChI is InChI=1S/C10H9F4N3O/c11-6-8(7(12)10(14)17-9(6)13)15-3-5(18)16-4-1-2-4/h4H,1-3H2,(H,15,17)(H,16,18). The minimum atomic E-state index is -1.76. The SMILES string of the molecule is O=C(CNc1c(F)c(F)nc(F)c1F)NC1CC1. The summed E-state index contributed by atoms with van der Waals surface area (Å²) in [6, 6.07) is 0.0832. The molecule has 98 valence electrons. The van der Waals surface area contributed by atoms with Crippen LogP contribution in [0.2, 0.25) is 0 Å². The summed E-state index contributed by atoms with van der Waals surface area (Å²) in [5.74, 6) is -7.35. The molecule has 1 aromatic rings. The van der Waals surface area contributed by atoms with Gasteiger partial charge in [-0.15, -0.1) is 0 Å². The zero-order valence-electron chi connectivity index (χ0n) is 9.07. The van der Waals surface area contributed by atoms with E-state index >= 15 is 0 Å². The molecule has 0 bridgehead atoms. The predicted molar refractivity (Wildman–Crippen MR) is 53.7 cm³/mol. The lowest BCUT2D eigenvalue weighted by Gasteiger charge is -2.09. The number of rotatable bonds is 4. The van der Waals surface area contributed by atoms with Crippen LogP contribution in [0.4, 0.5) is 23.2 Å². The van der Waals surface area contributed by atoms with Crippen molar-refractivity contribution in [1.29, 1.82) is 0 Å². The van der Waals surface area contributed by atoms with E-state index in [-0.39, 0.29) is 6.04 Å². The van der Waals surface area contributed by atoms with Crippen LogP contribution in [-0.4, -0.2) is 23.5 Å². The van der Waals surface area contributed by atoms with Crippen LogP contribution in [0.15, 0.2) is 0 Å². The van der Waals surface area contributed by atoms with Crippen LogP contribution in [0, 0.1) is 23.5 Å². The fourth-order valence-electron chi connectivity index (χ4n) is 1.32. The quantitative estimate of drug-likeness (QED) is 0.636. The van der Waals surface area contributed by atoms with E-state index in [1.54, 1.807) is 0 Å². The molecule has 0 saturated heterocycles. The first-order chi connectivity index (χ1) is 8.49. The van der Waals surface area contributed by atoms with Gasteiger partial charge in [-0.2, -0.15) is 22.5 Å². The van der Waals surface area contributed by atoms with Crippen molar-refractivity contribution in [2.24, 2.45) is 0 Å². The molecule has 8 heteroatoms. The summed E-state index contributed by atoms with van der Waals surface area (Å²) in [6.45, 7) is -0.479. The van der Waals surface area contributed by atoms with Crippen molar-refractivity contribution >= 4 is 11.6 Å². The van der Waals surface area contributed by atoms with Crippen molar-refractivity contribution in [3.05, 3.63) is 23.5 Å². The fourth-order valence-corrected chi connectivity index (χ4v) is 1.32. The third-order valence-corrected chi connectivity index (χ3v) is 2.37. The summed E-state index contributed by atoms with van der Waals surface area (Å²) in [4.78, 5) is 13.6. The summed E-state index contributed by atoms with van der Waals surface area (Å²) in [5, 5.41) is 4.56. The number of pyridine rings is 1. The maximum absolute atomic E-state index is 13.1. The van der Waals surface area contributed by atoms with E-state index in [2.05, 4.69) is 10.3 Å². The molecule has 0 radical (unpaired) electrons. The molecule has 4 nitrogen and oxygen atoms in total. The highest BCUT2D eigenvalue weighted by molar-refractivity contribution is 5.81. The third-order valence-electron chi connectivity index (χ3n) is 2.37. The highest BCUT2D eigenvalue weighted by atomic mass is 19.2. The van der Waals surface area contributed by atoms with Gasteiger partial charge in [-0.05, 0) is 12.8 Å². The zero-order chi connectivity index (χ0) is 13.3. The number of halogens is 4. The van der Waals surface area contributed by atoms with Gasteiger partial charge >= 0.3 is 0 Å². The van der Waals surface area contributed by atoms with E-state index in [0.717, 1.165) is 12.8 Å². The topological polar surface area (TPSA) is 54.0 Å². The van der Waals surface area contributed by atoms with Crippen LogP contribution in [0.3, 0.4) is 0 Å². The largest absolute Gasteiger partial charge is 0.371 e. The first kappa shape index (κ1) is 12.6. The van der Waals surface area contributed by atoms with Gasteiger partial charge in [-0.3, -0.25) is 4.79 Å². The average molecular weight is 263 g/mol. The minimum absolute atomic E-state index is 0.0832. The highest BCUT2D eigenvalue weighted by Gasteiger charge is 2.24. The van der Waals surface area contributed by atoms with Gasteiger partial charge < -0.3 is 10.6 Å². The van der Waals surface area contributed by atoms with Gasteiger partial charge in [0, 0.05) is 6.04 Å². The second-order valence-corrected chi connectivity index (χ2v) is 3.89. The average Bonchev–Trinajstić information content (AvgIpc) is 3.10. The van der Waals surface area contributed by atoms with Crippen LogP contribution in [0.25, 0.3) is 0 Å². The first-order valence-electron chi connectivity index (χ1n) is 5.22. The Hall–Kier alpha value is -1.86. The molecule has 1 aliphatic carbocycles. The molecule has 18 heavy (non-hydrogen) atoms. The molecule has 0 unspecified atom stereocenters. The van der Waals surface area contributed by atoms with Gasteiger partial charge in [-0.25, -0.2) is 0 Å². The van der Waals surface area contributed by atoms with Gasteiger partial charge in [0.25, 0.3) is 11.9 Å². The van der Waals surface area contributed by atoms with Gasteiger partial charge in [0.05, 0.1) is 6.54 Å². The van der Waals surface area contributed by atoms with Gasteiger partial charge in [-0.1, -0.05) is 0 Å². The van der Waals surface area contributed by atoms with Crippen molar-refractivity contribution in [2.45, 2.75) is 18.9 Å². The third kappa shape index (κ3) is 2.69. The van der Waals surface area contributed by atoms with E-state index in [9.17, 15) is 22.4 Å². The predicted octanol–water partition coefficient (Wildman–Crippen LogP) is 1.33. The van der Waals surface area contributed by atoms with Crippen molar-refractivity contribution < 1.29 is 22.4 Å². The zero-order valence-corrected chi connectivity index (χ0v) is 9.07. The molecule has 0 aliphatic heterocycles. The number of hydrogen-bond donors (Lipinski definition) is 2. The molecular weight excluding hydrogens is 254 g/mol. The number of carbonyl (C=O) groups excluding carboxylic acids is 1. The monoisotopic (exact) mass is 263 g/mol. The molecule has 2 rings (SSSR count). The fraction of sp³-hybridized carbons (Fsp3) is 0.400. The molecule has 1 aromatic heterocycles. The molecule has 0 spiro atoms. The summed E-state index contributed by atoms with van der Waals surface area (Å²) in [5.41, 5.74) is -1.04. The Labute approximate surface area is 99.4 Å². The first-order valence-corrected chi connectivity index (χ1v) is 5.22. The van der Waals surface area contributed by atoms with E-state index < -0.39 is 41.7 Å². The Kier molecular flexibility index (Phi) is 3.35. The van der Waals surface area contributed by atoms with Crippen molar-refractivity contribution in [3.8, 4) is 0 Å². The van der Waals surface area contributed by atoms with Crippen LogP contribution in [0.5, 0.6) is 0 Å². The number of aromatic nitrogens is 1. The molecule has 0 aromatic carbocycles. The number of nitrogens with one attached hydrogen (secondary N) is 2. The molecule has 1 fully saturated rings. The van der Waals surface area contributed by atoms with Crippen molar-refractivity contribution in [2.75, 3.05) is 11.9 Å². The lowest BCUT2D eigenvalue weighted by molar-refractivity contribution is -0.119. The molecule has 1 aliphatic rings. The van der Waals surface area contributed by atoms with Crippen LogP contribution in [0.1, 0.15) is 12.8 Å². The second kappa shape index (κ2) is 4.79. The normalized spacial score (nSPS) is 14.4. The molecule has 1 heterocycles. The van der Waals surface area contributed by atoms with E-state index in [4.69, 9.17) is 0 Å². The summed E-state index contributed by atoms with van der Waals surface area (Å²) in [6.07, 6.45) is 1.71. The number of nitrogens with zero attached hydrogens (tertiary/aromatic N) is 1. The number of carbonyl (C=O) groups is 1. The molecule has 1 amide bonds. The lowest BCUT2D eigenvalue weighted by atomic mass is 10.3. The van der Waals surface area contributed by atoms with Crippen LogP contribution >= 0.6 is 0 Å².